The minimum Gasteiger partial charge on any atom is -0.458 e. The highest BCUT2D eigenvalue weighted by molar-refractivity contribution is 7.14. The lowest BCUT2D eigenvalue weighted by Gasteiger charge is -2.01. The Balaban J connectivity index is 1.66. The van der Waals surface area contributed by atoms with Gasteiger partial charge in [0.05, 0.1) is 13.1 Å². The Morgan fingerprint density at radius 1 is 1.52 bits per heavy atom. The Labute approximate surface area is 124 Å². The van der Waals surface area contributed by atoms with Crippen LogP contribution in [0.2, 0.25) is 0 Å². The van der Waals surface area contributed by atoms with Crippen LogP contribution in [-0.2, 0) is 6.54 Å². The van der Waals surface area contributed by atoms with E-state index in [1.165, 1.54) is 11.3 Å². The molecule has 2 amide bonds. The van der Waals surface area contributed by atoms with Crippen LogP contribution >= 0.6 is 11.3 Å². The van der Waals surface area contributed by atoms with Gasteiger partial charge in [0.15, 0.2) is 16.9 Å². The molecule has 110 valence electrons. The monoisotopic (exact) mass is 306 g/mol. The number of aromatic nitrogens is 1. The number of hydrogen-bond donors (Lipinski definition) is 4. The number of nitrogens with one attached hydrogen (secondary N) is 3. The fraction of sp³-hybridized carbons (Fsp3) is 0.250. The second-order valence-corrected chi connectivity index (χ2v) is 5.16. The van der Waals surface area contributed by atoms with Crippen molar-refractivity contribution in [1.29, 1.82) is 0 Å². The first kappa shape index (κ1) is 13.4. The number of furan rings is 1. The minimum absolute atomic E-state index is 0.255. The van der Waals surface area contributed by atoms with E-state index in [9.17, 15) is 4.79 Å². The van der Waals surface area contributed by atoms with Crippen LogP contribution in [0, 0.1) is 0 Å². The molecule has 0 aliphatic carbocycles. The number of thiazole rings is 1. The minimum atomic E-state index is -0.585. The van der Waals surface area contributed by atoms with Crippen LogP contribution in [0.1, 0.15) is 5.76 Å². The molecule has 3 rings (SSSR count). The van der Waals surface area contributed by atoms with Gasteiger partial charge in [-0.25, -0.2) is 9.78 Å². The fourth-order valence-corrected chi connectivity index (χ4v) is 2.51. The van der Waals surface area contributed by atoms with Gasteiger partial charge in [-0.3, -0.25) is 4.99 Å². The zero-order valence-electron chi connectivity index (χ0n) is 11.0. The number of primary amides is 1. The first-order valence-corrected chi connectivity index (χ1v) is 7.22. The van der Waals surface area contributed by atoms with Crippen molar-refractivity contribution < 1.29 is 9.21 Å². The molecule has 8 nitrogen and oxygen atoms in total. The normalized spacial score (nSPS) is 13.6. The molecule has 2 aromatic rings. The fourth-order valence-electron chi connectivity index (χ4n) is 1.81. The largest absolute Gasteiger partial charge is 0.458 e. The third-order valence-electron chi connectivity index (χ3n) is 2.75. The van der Waals surface area contributed by atoms with Crippen LogP contribution in [0.3, 0.4) is 0 Å². The van der Waals surface area contributed by atoms with E-state index in [-0.39, 0.29) is 6.54 Å². The second-order valence-electron chi connectivity index (χ2n) is 4.30. The molecule has 0 spiro atoms. The maximum Gasteiger partial charge on any atom is 0.312 e. The molecule has 0 aromatic carbocycles. The van der Waals surface area contributed by atoms with E-state index in [4.69, 9.17) is 10.2 Å². The number of guanidine groups is 1. The van der Waals surface area contributed by atoms with Gasteiger partial charge in [0, 0.05) is 11.9 Å². The molecule has 0 saturated heterocycles. The molecule has 21 heavy (non-hydrogen) atoms. The number of anilines is 1. The molecule has 0 radical (unpaired) electrons. The predicted molar refractivity (Wildman–Crippen MR) is 80.2 cm³/mol. The first-order chi connectivity index (χ1) is 10.2. The Kier molecular flexibility index (Phi) is 3.73. The number of hydrogen-bond acceptors (Lipinski definition) is 7. The predicted octanol–water partition coefficient (Wildman–Crippen LogP) is 0.942. The lowest BCUT2D eigenvalue weighted by atomic mass is 10.3. The van der Waals surface area contributed by atoms with E-state index in [0.717, 1.165) is 29.9 Å². The van der Waals surface area contributed by atoms with Gasteiger partial charge in [0.25, 0.3) is 0 Å². The van der Waals surface area contributed by atoms with Crippen LogP contribution < -0.4 is 21.7 Å². The van der Waals surface area contributed by atoms with E-state index in [0.29, 0.717) is 11.5 Å². The highest BCUT2D eigenvalue weighted by Gasteiger charge is 2.12. The van der Waals surface area contributed by atoms with Gasteiger partial charge >= 0.3 is 6.03 Å². The molecule has 9 heteroatoms. The van der Waals surface area contributed by atoms with Crippen LogP contribution in [-0.4, -0.2) is 30.1 Å². The molecule has 5 N–H and O–H groups in total. The lowest BCUT2D eigenvalue weighted by Crippen LogP contribution is -2.28. The van der Waals surface area contributed by atoms with Crippen LogP contribution in [0.15, 0.2) is 26.9 Å². The zero-order chi connectivity index (χ0) is 14.7. The molecule has 0 bridgehead atoms. The van der Waals surface area contributed by atoms with Crippen molar-refractivity contribution in [3.05, 3.63) is 23.3 Å². The van der Waals surface area contributed by atoms with Gasteiger partial charge in [-0.1, -0.05) is 0 Å². The highest BCUT2D eigenvalue weighted by atomic mass is 32.1. The van der Waals surface area contributed by atoms with Gasteiger partial charge in [-0.15, -0.1) is 11.3 Å². The summed E-state index contributed by atoms with van der Waals surface area (Å²) in [4.78, 5) is 19.3. The third-order valence-corrected chi connectivity index (χ3v) is 3.51. The van der Waals surface area contributed by atoms with E-state index < -0.39 is 6.03 Å². The van der Waals surface area contributed by atoms with Crippen LogP contribution in [0.4, 0.5) is 9.93 Å². The summed E-state index contributed by atoms with van der Waals surface area (Å²) in [5.41, 5.74) is 5.74. The number of urea groups is 1. The van der Waals surface area contributed by atoms with Gasteiger partial charge in [0.2, 0.25) is 0 Å². The Morgan fingerprint density at radius 2 is 2.43 bits per heavy atom. The summed E-state index contributed by atoms with van der Waals surface area (Å²) in [5, 5.41) is 11.3. The number of amides is 2. The van der Waals surface area contributed by atoms with Gasteiger partial charge in [0.1, 0.15) is 11.5 Å². The summed E-state index contributed by atoms with van der Waals surface area (Å²) in [6, 6.07) is 3.00. The van der Waals surface area contributed by atoms with Crippen molar-refractivity contribution in [2.75, 3.05) is 18.4 Å². The molecule has 0 saturated carbocycles. The van der Waals surface area contributed by atoms with Crippen molar-refractivity contribution in [1.82, 2.24) is 15.6 Å². The molecular weight excluding hydrogens is 292 g/mol. The number of rotatable bonds is 4. The zero-order valence-corrected chi connectivity index (χ0v) is 11.9. The average Bonchev–Trinajstić information content (AvgIpc) is 3.18. The van der Waals surface area contributed by atoms with Gasteiger partial charge in [-0.05, 0) is 12.1 Å². The number of nitrogens with two attached hydrogens (primary N) is 1. The second kappa shape index (κ2) is 5.83. The topological polar surface area (TPSA) is 118 Å². The van der Waals surface area contributed by atoms with Crippen molar-refractivity contribution in [3.8, 4) is 11.5 Å². The molecular formula is C12H14N6O2S. The Morgan fingerprint density at radius 3 is 3.19 bits per heavy atom. The number of carbonyl (C=O) groups excluding carboxylic acids is 1. The average molecular weight is 306 g/mol. The Bertz CT molecular complexity index is 677. The summed E-state index contributed by atoms with van der Waals surface area (Å²) in [7, 11) is 0. The number of carbonyl (C=O) groups is 1. The van der Waals surface area contributed by atoms with E-state index in [2.05, 4.69) is 25.9 Å². The molecule has 0 fully saturated rings. The summed E-state index contributed by atoms with van der Waals surface area (Å²) < 4.78 is 5.60. The molecule has 1 aliphatic rings. The van der Waals surface area contributed by atoms with Crippen LogP contribution in [0.5, 0.6) is 0 Å². The summed E-state index contributed by atoms with van der Waals surface area (Å²) in [5.74, 6) is 2.00. The maximum absolute atomic E-state index is 10.7. The molecule has 0 atom stereocenters. The van der Waals surface area contributed by atoms with Crippen molar-refractivity contribution in [2.45, 2.75) is 6.54 Å². The smallest absolute Gasteiger partial charge is 0.312 e. The summed E-state index contributed by atoms with van der Waals surface area (Å²) >= 11 is 1.47. The highest BCUT2D eigenvalue weighted by Crippen LogP contribution is 2.26. The standard InChI is InChI=1S/C12H14N6O2S/c13-10(19)16-5-7-1-2-9(20-7)8-6-21-12(17-8)18-11-14-3-4-15-11/h1-2,6H,3-5H2,(H3,13,16,19)(H2,14,15,17,18). The molecule has 3 heterocycles. The van der Waals surface area contributed by atoms with Gasteiger partial charge < -0.3 is 26.1 Å². The molecule has 1 aliphatic heterocycles. The summed E-state index contributed by atoms with van der Waals surface area (Å²) in [6.07, 6.45) is 0. The number of aliphatic imine (C=N–C) groups is 1. The van der Waals surface area contributed by atoms with E-state index in [1.807, 2.05) is 11.4 Å². The van der Waals surface area contributed by atoms with E-state index in [1.54, 1.807) is 6.07 Å². The van der Waals surface area contributed by atoms with Crippen molar-refractivity contribution in [3.63, 3.8) is 0 Å². The van der Waals surface area contributed by atoms with Crippen molar-refractivity contribution in [2.24, 2.45) is 10.7 Å². The van der Waals surface area contributed by atoms with Gasteiger partial charge in [-0.2, -0.15) is 0 Å². The van der Waals surface area contributed by atoms with Crippen LogP contribution in [0.25, 0.3) is 11.5 Å². The number of nitrogens with zero attached hydrogens (tertiary/aromatic N) is 2. The quantitative estimate of drug-likeness (QED) is 0.670. The Hall–Kier alpha value is -2.55. The SMILES string of the molecule is NC(=O)NCc1ccc(-c2csc(NC3=NCCN3)n2)o1. The third kappa shape index (κ3) is 3.31. The summed E-state index contributed by atoms with van der Waals surface area (Å²) in [6.45, 7) is 1.87. The van der Waals surface area contributed by atoms with Crippen molar-refractivity contribution >= 4 is 28.5 Å². The maximum atomic E-state index is 10.7. The lowest BCUT2D eigenvalue weighted by molar-refractivity contribution is 0.247. The van der Waals surface area contributed by atoms with E-state index >= 15 is 0 Å². The molecule has 0 unspecified atom stereocenters. The first-order valence-electron chi connectivity index (χ1n) is 6.34. The molecule has 2 aromatic heterocycles.